The second-order valence-corrected chi connectivity index (χ2v) is 4.04. The number of hydrogen-bond donors (Lipinski definition) is 3. The minimum Gasteiger partial charge on any atom is -0.508 e. The molecular formula is C11H15NO2. The van der Waals surface area contributed by atoms with Gasteiger partial charge in [-0.05, 0) is 24.0 Å². The zero-order valence-electron chi connectivity index (χ0n) is 7.98. The molecule has 0 heterocycles. The lowest BCUT2D eigenvalue weighted by molar-refractivity contribution is 0.211. The summed E-state index contributed by atoms with van der Waals surface area (Å²) in [6, 6.07) is 7.26. The highest BCUT2D eigenvalue weighted by Crippen LogP contribution is 2.59. The number of aliphatic hydroxyl groups excluding tert-OH is 1. The molecule has 0 spiro atoms. The minimum atomic E-state index is -0.182. The maximum Gasteiger partial charge on any atom is 0.119 e. The molecule has 1 aromatic rings. The summed E-state index contributed by atoms with van der Waals surface area (Å²) in [5, 5.41) is 18.8. The van der Waals surface area contributed by atoms with Crippen LogP contribution in [0.1, 0.15) is 17.9 Å². The first-order valence-electron chi connectivity index (χ1n) is 4.82. The van der Waals surface area contributed by atoms with Gasteiger partial charge in [0.15, 0.2) is 0 Å². The molecule has 0 aliphatic heterocycles. The lowest BCUT2D eigenvalue weighted by Gasteiger charge is -2.11. The van der Waals surface area contributed by atoms with Crippen LogP contribution in [0.2, 0.25) is 0 Å². The quantitative estimate of drug-likeness (QED) is 0.665. The van der Waals surface area contributed by atoms with Crippen molar-refractivity contribution in [2.75, 3.05) is 13.2 Å². The molecule has 1 saturated carbocycles. The van der Waals surface area contributed by atoms with E-state index in [0.29, 0.717) is 12.3 Å². The number of phenolic OH excluding ortho intramolecular Hbond substituents is 1. The molecule has 0 amide bonds. The fourth-order valence-electron chi connectivity index (χ4n) is 2.03. The summed E-state index contributed by atoms with van der Waals surface area (Å²) in [7, 11) is 0. The topological polar surface area (TPSA) is 66.5 Å². The molecule has 0 aromatic heterocycles. The zero-order chi connectivity index (χ0) is 10.2. The molecule has 0 saturated heterocycles. The Bertz CT molecular complexity index is 334. The molecule has 2 atom stereocenters. The molecule has 0 bridgehead atoms. The summed E-state index contributed by atoms with van der Waals surface area (Å²) in [5.74, 6) is 0.528. The van der Waals surface area contributed by atoms with E-state index in [2.05, 4.69) is 0 Å². The van der Waals surface area contributed by atoms with Crippen LogP contribution in [0.15, 0.2) is 24.3 Å². The van der Waals surface area contributed by atoms with Gasteiger partial charge in [-0.1, -0.05) is 18.2 Å². The Morgan fingerprint density at radius 2 is 2.14 bits per heavy atom. The smallest absolute Gasteiger partial charge is 0.119 e. The van der Waals surface area contributed by atoms with E-state index in [1.165, 1.54) is 0 Å². The molecule has 14 heavy (non-hydrogen) atoms. The first-order chi connectivity index (χ1) is 6.73. The molecule has 2 unspecified atom stereocenters. The first-order valence-corrected chi connectivity index (χ1v) is 4.82. The van der Waals surface area contributed by atoms with E-state index in [1.54, 1.807) is 12.1 Å². The van der Waals surface area contributed by atoms with Crippen molar-refractivity contribution in [1.29, 1.82) is 0 Å². The van der Waals surface area contributed by atoms with Crippen LogP contribution in [0, 0.1) is 5.41 Å². The molecule has 2 rings (SSSR count). The Morgan fingerprint density at radius 3 is 2.64 bits per heavy atom. The van der Waals surface area contributed by atoms with Crippen LogP contribution < -0.4 is 5.73 Å². The van der Waals surface area contributed by atoms with Gasteiger partial charge in [-0.15, -0.1) is 0 Å². The number of rotatable bonds is 3. The van der Waals surface area contributed by atoms with Crippen LogP contribution in [-0.2, 0) is 0 Å². The maximum atomic E-state index is 9.62. The number of phenols is 1. The van der Waals surface area contributed by atoms with Crippen LogP contribution in [0.5, 0.6) is 5.75 Å². The van der Waals surface area contributed by atoms with Gasteiger partial charge >= 0.3 is 0 Å². The van der Waals surface area contributed by atoms with E-state index in [4.69, 9.17) is 5.73 Å². The van der Waals surface area contributed by atoms with E-state index >= 15 is 0 Å². The second-order valence-electron chi connectivity index (χ2n) is 4.04. The highest BCUT2D eigenvalue weighted by molar-refractivity contribution is 5.40. The summed E-state index contributed by atoms with van der Waals surface area (Å²) >= 11 is 0. The standard InChI is InChI=1S/C11H15NO2/c12-6-11(7-13)5-9(11)8-3-1-2-4-10(8)14/h1-4,9,13-14H,5-7,12H2. The SMILES string of the molecule is NCC1(CO)CC1c1ccccc1O. The van der Waals surface area contributed by atoms with Crippen molar-refractivity contribution in [3.8, 4) is 5.75 Å². The molecular weight excluding hydrogens is 178 g/mol. The fourth-order valence-corrected chi connectivity index (χ4v) is 2.03. The molecule has 76 valence electrons. The van der Waals surface area contributed by atoms with Gasteiger partial charge in [0.05, 0.1) is 6.61 Å². The lowest BCUT2D eigenvalue weighted by Crippen LogP contribution is -2.21. The Hall–Kier alpha value is -1.06. The summed E-state index contributed by atoms with van der Waals surface area (Å²) in [4.78, 5) is 0. The molecule has 0 radical (unpaired) electrons. The van der Waals surface area contributed by atoms with Gasteiger partial charge in [0.1, 0.15) is 5.75 Å². The van der Waals surface area contributed by atoms with Crippen LogP contribution in [-0.4, -0.2) is 23.4 Å². The third-order valence-electron chi connectivity index (χ3n) is 3.22. The van der Waals surface area contributed by atoms with Gasteiger partial charge < -0.3 is 15.9 Å². The molecule has 4 N–H and O–H groups in total. The number of aromatic hydroxyl groups is 1. The van der Waals surface area contributed by atoms with Crippen LogP contribution in [0.3, 0.4) is 0 Å². The van der Waals surface area contributed by atoms with E-state index < -0.39 is 0 Å². The van der Waals surface area contributed by atoms with E-state index in [9.17, 15) is 10.2 Å². The van der Waals surface area contributed by atoms with Crippen molar-refractivity contribution in [3.63, 3.8) is 0 Å². The fraction of sp³-hybridized carbons (Fsp3) is 0.455. The van der Waals surface area contributed by atoms with Crippen LogP contribution >= 0.6 is 0 Å². The number of benzene rings is 1. The first kappa shape index (κ1) is 9.49. The average molecular weight is 193 g/mol. The summed E-state index contributed by atoms with van der Waals surface area (Å²) in [6.45, 7) is 0.574. The summed E-state index contributed by atoms with van der Waals surface area (Å²) in [5.41, 5.74) is 6.34. The van der Waals surface area contributed by atoms with Gasteiger partial charge in [-0.3, -0.25) is 0 Å². The van der Waals surface area contributed by atoms with Gasteiger partial charge in [0, 0.05) is 12.0 Å². The Balaban J connectivity index is 2.24. The predicted octanol–water partition coefficient (Wildman–Crippen LogP) is 0.817. The Labute approximate surface area is 83.2 Å². The van der Waals surface area contributed by atoms with Gasteiger partial charge in [0.25, 0.3) is 0 Å². The van der Waals surface area contributed by atoms with Crippen molar-refractivity contribution in [2.24, 2.45) is 11.1 Å². The van der Waals surface area contributed by atoms with E-state index in [1.807, 2.05) is 12.1 Å². The van der Waals surface area contributed by atoms with E-state index in [-0.39, 0.29) is 17.9 Å². The minimum absolute atomic E-state index is 0.0997. The lowest BCUT2D eigenvalue weighted by atomic mass is 9.99. The monoisotopic (exact) mass is 193 g/mol. The molecule has 1 aliphatic carbocycles. The zero-order valence-corrected chi connectivity index (χ0v) is 7.98. The van der Waals surface area contributed by atoms with Crippen molar-refractivity contribution in [2.45, 2.75) is 12.3 Å². The molecule has 1 aliphatic rings. The molecule has 3 nitrogen and oxygen atoms in total. The molecule has 3 heteroatoms. The second kappa shape index (κ2) is 3.26. The predicted molar refractivity (Wildman–Crippen MR) is 54.0 cm³/mol. The van der Waals surface area contributed by atoms with Crippen molar-refractivity contribution in [1.82, 2.24) is 0 Å². The van der Waals surface area contributed by atoms with Crippen LogP contribution in [0.25, 0.3) is 0 Å². The Morgan fingerprint density at radius 1 is 1.43 bits per heavy atom. The van der Waals surface area contributed by atoms with Crippen molar-refractivity contribution >= 4 is 0 Å². The number of aliphatic hydroxyl groups is 1. The third kappa shape index (κ3) is 1.29. The van der Waals surface area contributed by atoms with Gasteiger partial charge in [-0.2, -0.15) is 0 Å². The van der Waals surface area contributed by atoms with E-state index in [0.717, 1.165) is 12.0 Å². The Kier molecular flexibility index (Phi) is 2.21. The number of hydrogen-bond acceptors (Lipinski definition) is 3. The van der Waals surface area contributed by atoms with Crippen molar-refractivity contribution in [3.05, 3.63) is 29.8 Å². The van der Waals surface area contributed by atoms with Crippen molar-refractivity contribution < 1.29 is 10.2 Å². The normalized spacial score (nSPS) is 30.3. The van der Waals surface area contributed by atoms with Gasteiger partial charge in [-0.25, -0.2) is 0 Å². The number of para-hydroxylation sites is 1. The average Bonchev–Trinajstić information content (AvgIpc) is 2.94. The number of nitrogens with two attached hydrogens (primary N) is 1. The summed E-state index contributed by atoms with van der Waals surface area (Å²) in [6.07, 6.45) is 0.873. The third-order valence-corrected chi connectivity index (χ3v) is 3.22. The molecule has 1 aromatic carbocycles. The maximum absolute atomic E-state index is 9.62. The highest BCUT2D eigenvalue weighted by atomic mass is 16.3. The largest absolute Gasteiger partial charge is 0.508 e. The summed E-state index contributed by atoms with van der Waals surface area (Å²) < 4.78 is 0. The van der Waals surface area contributed by atoms with Gasteiger partial charge in [0.2, 0.25) is 0 Å². The van der Waals surface area contributed by atoms with Crippen LogP contribution in [0.4, 0.5) is 0 Å². The molecule has 1 fully saturated rings. The highest BCUT2D eigenvalue weighted by Gasteiger charge is 2.54.